The highest BCUT2D eigenvalue weighted by Gasteiger charge is 2.32. The number of likely N-dealkylation sites (N-methyl/N-ethyl adjacent to an activating group) is 1. The van der Waals surface area contributed by atoms with Crippen molar-refractivity contribution in [1.82, 2.24) is 4.90 Å². The standard InChI is InChI=1S/C17H24N2O2/c1-2-19(13-9-10-13)17(21)12-18-11-5-8-16(20)14-6-3-4-7-15(14)18/h3-4,6-7,13,16,20H,2,5,8-12H2,1H3. The number of hydrogen-bond donors (Lipinski definition) is 1. The molecule has 1 aliphatic heterocycles. The van der Waals surface area contributed by atoms with E-state index in [0.29, 0.717) is 12.6 Å². The Hall–Kier alpha value is -1.55. The van der Waals surface area contributed by atoms with Gasteiger partial charge in [0.1, 0.15) is 0 Å². The molecule has 0 saturated heterocycles. The molecule has 1 aromatic rings. The molecule has 21 heavy (non-hydrogen) atoms. The number of para-hydroxylation sites is 1. The number of anilines is 1. The number of hydrogen-bond acceptors (Lipinski definition) is 3. The van der Waals surface area contributed by atoms with E-state index in [2.05, 4.69) is 11.8 Å². The second-order valence-electron chi connectivity index (χ2n) is 6.05. The van der Waals surface area contributed by atoms with Gasteiger partial charge in [0.25, 0.3) is 0 Å². The van der Waals surface area contributed by atoms with Crippen LogP contribution in [0.5, 0.6) is 0 Å². The molecule has 1 heterocycles. The van der Waals surface area contributed by atoms with Crippen LogP contribution in [0.3, 0.4) is 0 Å². The van der Waals surface area contributed by atoms with Crippen molar-refractivity contribution >= 4 is 11.6 Å². The Kier molecular flexibility index (Phi) is 4.15. The molecule has 1 unspecified atom stereocenters. The summed E-state index contributed by atoms with van der Waals surface area (Å²) in [6.07, 6.45) is 3.57. The molecule has 1 aliphatic carbocycles. The van der Waals surface area contributed by atoms with Gasteiger partial charge < -0.3 is 14.9 Å². The lowest BCUT2D eigenvalue weighted by Gasteiger charge is -2.28. The first-order chi connectivity index (χ1) is 10.2. The van der Waals surface area contributed by atoms with Crippen LogP contribution in [0.4, 0.5) is 5.69 Å². The maximum Gasteiger partial charge on any atom is 0.242 e. The summed E-state index contributed by atoms with van der Waals surface area (Å²) in [5.74, 6) is 0.214. The minimum absolute atomic E-state index is 0.214. The van der Waals surface area contributed by atoms with Crippen molar-refractivity contribution in [3.63, 3.8) is 0 Å². The van der Waals surface area contributed by atoms with E-state index in [0.717, 1.165) is 50.0 Å². The molecule has 3 rings (SSSR count). The van der Waals surface area contributed by atoms with Gasteiger partial charge in [0.15, 0.2) is 0 Å². The van der Waals surface area contributed by atoms with Gasteiger partial charge in [0.2, 0.25) is 5.91 Å². The SMILES string of the molecule is CCN(C(=O)CN1CCCC(O)c2ccccc21)C1CC1. The second-order valence-corrected chi connectivity index (χ2v) is 6.05. The van der Waals surface area contributed by atoms with Crippen molar-refractivity contribution in [2.24, 2.45) is 0 Å². The first-order valence-electron chi connectivity index (χ1n) is 8.02. The summed E-state index contributed by atoms with van der Waals surface area (Å²) in [6, 6.07) is 8.39. The maximum absolute atomic E-state index is 12.5. The first kappa shape index (κ1) is 14.4. The maximum atomic E-state index is 12.5. The summed E-state index contributed by atoms with van der Waals surface area (Å²) >= 11 is 0. The van der Waals surface area contributed by atoms with E-state index in [-0.39, 0.29) is 5.91 Å². The summed E-state index contributed by atoms with van der Waals surface area (Å²) in [4.78, 5) is 16.7. The van der Waals surface area contributed by atoms with Crippen LogP contribution in [0, 0.1) is 0 Å². The normalized spacial score (nSPS) is 21.6. The number of fused-ring (bicyclic) bond motifs is 1. The lowest BCUT2D eigenvalue weighted by atomic mass is 10.0. The van der Waals surface area contributed by atoms with E-state index >= 15 is 0 Å². The Morgan fingerprint density at radius 1 is 1.33 bits per heavy atom. The molecular formula is C17H24N2O2. The number of benzene rings is 1. The van der Waals surface area contributed by atoms with Crippen LogP contribution < -0.4 is 4.90 Å². The van der Waals surface area contributed by atoms with Gasteiger partial charge in [-0.25, -0.2) is 0 Å². The Morgan fingerprint density at radius 2 is 2.10 bits per heavy atom. The summed E-state index contributed by atoms with van der Waals surface area (Å²) in [5.41, 5.74) is 1.97. The fourth-order valence-electron chi connectivity index (χ4n) is 3.25. The van der Waals surface area contributed by atoms with E-state index in [9.17, 15) is 9.90 Å². The van der Waals surface area contributed by atoms with Crippen LogP contribution in [0.2, 0.25) is 0 Å². The summed E-state index contributed by atoms with van der Waals surface area (Å²) in [7, 11) is 0. The largest absolute Gasteiger partial charge is 0.388 e. The molecule has 1 atom stereocenters. The number of aliphatic hydroxyl groups is 1. The highest BCUT2D eigenvalue weighted by atomic mass is 16.3. The zero-order chi connectivity index (χ0) is 14.8. The van der Waals surface area contributed by atoms with Crippen LogP contribution in [0.25, 0.3) is 0 Å². The predicted octanol–water partition coefficient (Wildman–Crippen LogP) is 2.33. The van der Waals surface area contributed by atoms with Crippen molar-refractivity contribution in [3.05, 3.63) is 29.8 Å². The molecule has 114 valence electrons. The molecule has 4 nitrogen and oxygen atoms in total. The molecule has 1 saturated carbocycles. The van der Waals surface area contributed by atoms with Crippen molar-refractivity contribution in [2.75, 3.05) is 24.5 Å². The predicted molar refractivity (Wildman–Crippen MR) is 83.3 cm³/mol. The average Bonchev–Trinajstić information content (AvgIpc) is 3.31. The lowest BCUT2D eigenvalue weighted by Crippen LogP contribution is -2.41. The molecule has 0 aromatic heterocycles. The zero-order valence-corrected chi connectivity index (χ0v) is 12.7. The Bertz CT molecular complexity index is 513. The van der Waals surface area contributed by atoms with Crippen LogP contribution >= 0.6 is 0 Å². The molecule has 4 heteroatoms. The quantitative estimate of drug-likeness (QED) is 0.925. The van der Waals surface area contributed by atoms with Crippen molar-refractivity contribution in [1.29, 1.82) is 0 Å². The average molecular weight is 288 g/mol. The van der Waals surface area contributed by atoms with Gasteiger partial charge in [-0.2, -0.15) is 0 Å². The molecule has 1 fully saturated rings. The third-order valence-electron chi connectivity index (χ3n) is 4.52. The minimum Gasteiger partial charge on any atom is -0.388 e. The van der Waals surface area contributed by atoms with Crippen LogP contribution in [0.1, 0.15) is 44.3 Å². The van der Waals surface area contributed by atoms with E-state index in [1.54, 1.807) is 0 Å². The number of aliphatic hydroxyl groups excluding tert-OH is 1. The van der Waals surface area contributed by atoms with E-state index in [1.807, 2.05) is 29.2 Å². The minimum atomic E-state index is -0.410. The third-order valence-corrected chi connectivity index (χ3v) is 4.52. The highest BCUT2D eigenvalue weighted by molar-refractivity contribution is 5.82. The Balaban J connectivity index is 1.78. The highest BCUT2D eigenvalue weighted by Crippen LogP contribution is 2.33. The van der Waals surface area contributed by atoms with Gasteiger partial charge in [-0.1, -0.05) is 18.2 Å². The van der Waals surface area contributed by atoms with Crippen LogP contribution in [-0.4, -0.2) is 41.6 Å². The lowest BCUT2D eigenvalue weighted by molar-refractivity contribution is -0.130. The van der Waals surface area contributed by atoms with Crippen molar-refractivity contribution in [2.45, 2.75) is 44.8 Å². The smallest absolute Gasteiger partial charge is 0.242 e. The van der Waals surface area contributed by atoms with Gasteiger partial charge in [0, 0.05) is 30.4 Å². The monoisotopic (exact) mass is 288 g/mol. The number of rotatable bonds is 4. The number of carbonyl (C=O) groups excluding carboxylic acids is 1. The molecule has 1 amide bonds. The summed E-state index contributed by atoms with van der Waals surface area (Å²) in [5, 5.41) is 10.2. The second kappa shape index (κ2) is 6.06. The van der Waals surface area contributed by atoms with Crippen LogP contribution in [-0.2, 0) is 4.79 Å². The summed E-state index contributed by atoms with van der Waals surface area (Å²) in [6.45, 7) is 4.11. The molecule has 1 N–H and O–H groups in total. The van der Waals surface area contributed by atoms with E-state index in [4.69, 9.17) is 0 Å². The fraction of sp³-hybridized carbons (Fsp3) is 0.588. The number of nitrogens with zero attached hydrogens (tertiary/aromatic N) is 2. The van der Waals surface area contributed by atoms with Crippen molar-refractivity contribution < 1.29 is 9.90 Å². The van der Waals surface area contributed by atoms with Gasteiger partial charge in [0.05, 0.1) is 12.6 Å². The Morgan fingerprint density at radius 3 is 2.81 bits per heavy atom. The van der Waals surface area contributed by atoms with Gasteiger partial charge in [-0.3, -0.25) is 4.79 Å². The Labute approximate surface area is 126 Å². The molecule has 0 spiro atoms. The van der Waals surface area contributed by atoms with Crippen molar-refractivity contribution in [3.8, 4) is 0 Å². The van der Waals surface area contributed by atoms with Crippen LogP contribution in [0.15, 0.2) is 24.3 Å². The number of carbonyl (C=O) groups is 1. The van der Waals surface area contributed by atoms with Gasteiger partial charge in [-0.05, 0) is 38.7 Å². The van der Waals surface area contributed by atoms with E-state index < -0.39 is 6.10 Å². The third kappa shape index (κ3) is 3.05. The topological polar surface area (TPSA) is 43.8 Å². The molecule has 0 bridgehead atoms. The summed E-state index contributed by atoms with van der Waals surface area (Å²) < 4.78 is 0. The molecule has 2 aliphatic rings. The fourth-order valence-corrected chi connectivity index (χ4v) is 3.25. The number of amides is 1. The van der Waals surface area contributed by atoms with E-state index in [1.165, 1.54) is 0 Å². The molecule has 1 aromatic carbocycles. The van der Waals surface area contributed by atoms with Gasteiger partial charge in [-0.15, -0.1) is 0 Å². The zero-order valence-electron chi connectivity index (χ0n) is 12.7. The molecular weight excluding hydrogens is 264 g/mol. The van der Waals surface area contributed by atoms with Gasteiger partial charge >= 0.3 is 0 Å². The molecule has 0 radical (unpaired) electrons. The first-order valence-corrected chi connectivity index (χ1v) is 8.02.